The van der Waals surface area contributed by atoms with Crippen LogP contribution in [0.5, 0.6) is 23.0 Å². The lowest BCUT2D eigenvalue weighted by molar-refractivity contribution is 0.0895. The second kappa shape index (κ2) is 10.3. The number of nitrogens with one attached hydrogen (secondary N) is 1. The fourth-order valence-electron chi connectivity index (χ4n) is 5.89. The zero-order valence-corrected chi connectivity index (χ0v) is 22.2. The van der Waals surface area contributed by atoms with Gasteiger partial charge in [-0.05, 0) is 67.1 Å². The number of carbonyl (C=O) groups is 1. The number of rotatable bonds is 6. The zero-order chi connectivity index (χ0) is 27.0. The van der Waals surface area contributed by atoms with E-state index in [0.29, 0.717) is 24.2 Å². The summed E-state index contributed by atoms with van der Waals surface area (Å²) in [4.78, 5) is 15.8. The van der Waals surface area contributed by atoms with E-state index in [9.17, 15) is 20.1 Å². The number of phenols is 3. The number of aromatic hydroxyl groups is 3. The number of benzene rings is 3. The smallest absolute Gasteiger partial charge is 0.170 e. The monoisotopic (exact) mass is 516 g/mol. The van der Waals surface area contributed by atoms with Crippen LogP contribution in [0, 0.1) is 5.92 Å². The summed E-state index contributed by atoms with van der Waals surface area (Å²) in [5.41, 5.74) is 3.25. The van der Waals surface area contributed by atoms with Crippen molar-refractivity contribution in [2.24, 2.45) is 5.92 Å². The third kappa shape index (κ3) is 5.22. The molecule has 1 aliphatic heterocycles. The molecule has 4 N–H and O–H groups in total. The molecule has 0 amide bonds. The van der Waals surface area contributed by atoms with Crippen LogP contribution in [0.15, 0.2) is 54.6 Å². The summed E-state index contributed by atoms with van der Waals surface area (Å²) in [5, 5.41) is 34.8. The highest BCUT2D eigenvalue weighted by atomic mass is 16.5. The lowest BCUT2D eigenvalue weighted by Gasteiger charge is -2.39. The molecule has 38 heavy (non-hydrogen) atoms. The first-order chi connectivity index (χ1) is 18.1. The third-order valence-electron chi connectivity index (χ3n) is 7.87. The first-order valence-electron chi connectivity index (χ1n) is 13.2. The molecule has 0 bridgehead atoms. The fraction of sp³-hybridized carbons (Fsp3) is 0.387. The van der Waals surface area contributed by atoms with E-state index in [1.165, 1.54) is 6.07 Å². The Morgan fingerprint density at radius 2 is 1.68 bits per heavy atom. The molecule has 2 aliphatic rings. The summed E-state index contributed by atoms with van der Waals surface area (Å²) in [6, 6.07) is 15.7. The second-order valence-electron chi connectivity index (χ2n) is 11.2. The Balaban J connectivity index is 1.38. The predicted octanol–water partition coefficient (Wildman–Crippen LogP) is 4.69. The van der Waals surface area contributed by atoms with E-state index in [0.717, 1.165) is 43.1 Å². The summed E-state index contributed by atoms with van der Waals surface area (Å²) < 4.78 is 6.01. The van der Waals surface area contributed by atoms with Gasteiger partial charge in [0.2, 0.25) is 0 Å². The number of fused-ring (bicyclic) bond motifs is 1. The van der Waals surface area contributed by atoms with Crippen LogP contribution in [-0.2, 0) is 6.42 Å². The summed E-state index contributed by atoms with van der Waals surface area (Å²) in [6.07, 6.45) is 0.476. The highest BCUT2D eigenvalue weighted by Crippen LogP contribution is 2.47. The Hall–Kier alpha value is -3.55. The standard InChI is InChI=1S/C31H36N2O5/c1-19-24(20-4-8-22(34)9-5-20)16-25-28(26(35)17-27(36)29(25)30(19)37)21-6-10-23(11-7-21)38-15-14-33-13-12-32-31(2,3)18-33/h4-11,17,19,24,32,34-36H,12-16,18H2,1-3H3. The summed E-state index contributed by atoms with van der Waals surface area (Å²) in [7, 11) is 0. The van der Waals surface area contributed by atoms with Crippen molar-refractivity contribution in [2.75, 3.05) is 32.8 Å². The number of hydrogen-bond acceptors (Lipinski definition) is 7. The average Bonchev–Trinajstić information content (AvgIpc) is 2.87. The Morgan fingerprint density at radius 3 is 2.37 bits per heavy atom. The van der Waals surface area contributed by atoms with Gasteiger partial charge in [-0.15, -0.1) is 0 Å². The van der Waals surface area contributed by atoms with E-state index in [1.807, 2.05) is 43.3 Å². The highest BCUT2D eigenvalue weighted by molar-refractivity contribution is 6.05. The quantitative estimate of drug-likeness (QED) is 0.377. The normalized spacial score (nSPS) is 21.2. The summed E-state index contributed by atoms with van der Waals surface area (Å²) >= 11 is 0. The molecule has 200 valence electrons. The molecule has 0 radical (unpaired) electrons. The Morgan fingerprint density at radius 1 is 1.00 bits per heavy atom. The molecule has 3 aromatic rings. The molecule has 1 fully saturated rings. The van der Waals surface area contributed by atoms with Gasteiger partial charge in [0.05, 0.1) is 5.56 Å². The number of ether oxygens (including phenoxy) is 1. The number of ketones is 1. The molecule has 0 spiro atoms. The van der Waals surface area contributed by atoms with E-state index >= 15 is 0 Å². The largest absolute Gasteiger partial charge is 0.508 e. The maximum Gasteiger partial charge on any atom is 0.170 e. The molecule has 7 nitrogen and oxygen atoms in total. The minimum absolute atomic E-state index is 0.0666. The van der Waals surface area contributed by atoms with Gasteiger partial charge >= 0.3 is 0 Å². The van der Waals surface area contributed by atoms with Crippen molar-refractivity contribution in [1.29, 1.82) is 0 Å². The maximum atomic E-state index is 13.4. The van der Waals surface area contributed by atoms with Gasteiger partial charge in [-0.1, -0.05) is 31.2 Å². The van der Waals surface area contributed by atoms with Crippen LogP contribution in [0.3, 0.4) is 0 Å². The number of carbonyl (C=O) groups excluding carboxylic acids is 1. The van der Waals surface area contributed by atoms with Crippen LogP contribution in [0.25, 0.3) is 11.1 Å². The van der Waals surface area contributed by atoms with Crippen molar-refractivity contribution in [3.05, 3.63) is 71.3 Å². The van der Waals surface area contributed by atoms with E-state index in [4.69, 9.17) is 4.74 Å². The summed E-state index contributed by atoms with van der Waals surface area (Å²) in [5.74, 6) is -0.0121. The number of phenolic OH excluding ortho intramolecular Hbond substituents is 3. The molecule has 2 atom stereocenters. The van der Waals surface area contributed by atoms with Crippen molar-refractivity contribution in [2.45, 2.75) is 38.6 Å². The van der Waals surface area contributed by atoms with E-state index < -0.39 is 0 Å². The zero-order valence-electron chi connectivity index (χ0n) is 22.2. The first-order valence-corrected chi connectivity index (χ1v) is 13.2. The average molecular weight is 517 g/mol. The van der Waals surface area contributed by atoms with E-state index in [1.54, 1.807) is 12.1 Å². The van der Waals surface area contributed by atoms with Gasteiger partial charge in [-0.3, -0.25) is 9.69 Å². The van der Waals surface area contributed by atoms with Gasteiger partial charge in [0.15, 0.2) is 5.78 Å². The molecule has 3 aromatic carbocycles. The van der Waals surface area contributed by atoms with Gasteiger partial charge in [0, 0.05) is 49.3 Å². The van der Waals surface area contributed by atoms with Crippen LogP contribution in [0.1, 0.15) is 48.2 Å². The minimum atomic E-state index is -0.354. The Labute approximate surface area is 223 Å². The van der Waals surface area contributed by atoms with Gasteiger partial charge < -0.3 is 25.4 Å². The molecule has 0 saturated carbocycles. The van der Waals surface area contributed by atoms with Crippen molar-refractivity contribution in [3.63, 3.8) is 0 Å². The van der Waals surface area contributed by atoms with Gasteiger partial charge in [0.25, 0.3) is 0 Å². The molecule has 7 heteroatoms. The second-order valence-corrected chi connectivity index (χ2v) is 11.2. The van der Waals surface area contributed by atoms with Crippen molar-refractivity contribution >= 4 is 5.78 Å². The first kappa shape index (κ1) is 26.1. The van der Waals surface area contributed by atoms with E-state index in [2.05, 4.69) is 24.1 Å². The van der Waals surface area contributed by atoms with Crippen molar-refractivity contribution < 1.29 is 24.9 Å². The molecular formula is C31H36N2O5. The molecule has 5 rings (SSSR count). The SMILES string of the molecule is CC1C(=O)c2c(O)cc(O)c(-c3ccc(OCCN4CCNC(C)(C)C4)cc3)c2CC1c1ccc(O)cc1. The van der Waals surface area contributed by atoms with Gasteiger partial charge in [-0.2, -0.15) is 0 Å². The maximum absolute atomic E-state index is 13.4. The van der Waals surface area contributed by atoms with Gasteiger partial charge in [-0.25, -0.2) is 0 Å². The van der Waals surface area contributed by atoms with Crippen molar-refractivity contribution in [1.82, 2.24) is 10.2 Å². The molecule has 0 aromatic heterocycles. The number of nitrogens with zero attached hydrogens (tertiary/aromatic N) is 1. The van der Waals surface area contributed by atoms with Crippen molar-refractivity contribution in [3.8, 4) is 34.1 Å². The minimum Gasteiger partial charge on any atom is -0.508 e. The predicted molar refractivity (Wildman–Crippen MR) is 147 cm³/mol. The van der Waals surface area contributed by atoms with Crippen LogP contribution < -0.4 is 10.1 Å². The Kier molecular flexibility index (Phi) is 7.07. The molecule has 1 saturated heterocycles. The van der Waals surface area contributed by atoms with Crippen LogP contribution in [0.2, 0.25) is 0 Å². The molecule has 1 aliphatic carbocycles. The van der Waals surface area contributed by atoms with Crippen LogP contribution in [-0.4, -0.2) is 64.3 Å². The third-order valence-corrected chi connectivity index (χ3v) is 7.87. The number of piperazine rings is 1. The molecule has 1 heterocycles. The summed E-state index contributed by atoms with van der Waals surface area (Å²) in [6.45, 7) is 10.6. The molecular weight excluding hydrogens is 480 g/mol. The molecule has 2 unspecified atom stereocenters. The topological polar surface area (TPSA) is 102 Å². The highest BCUT2D eigenvalue weighted by Gasteiger charge is 2.37. The fourth-order valence-corrected chi connectivity index (χ4v) is 5.89. The Bertz CT molecular complexity index is 1320. The number of hydrogen-bond donors (Lipinski definition) is 4. The van der Waals surface area contributed by atoms with Gasteiger partial charge in [0.1, 0.15) is 29.6 Å². The van der Waals surface area contributed by atoms with E-state index in [-0.39, 0.29) is 46.0 Å². The lowest BCUT2D eigenvalue weighted by Crippen LogP contribution is -2.57. The van der Waals surface area contributed by atoms with Crippen LogP contribution >= 0.6 is 0 Å². The number of Topliss-reactive ketones (excluding diaryl/α,β-unsaturated/α-hetero) is 1. The lowest BCUT2D eigenvalue weighted by atomic mass is 9.70. The van der Waals surface area contributed by atoms with Crippen LogP contribution in [0.4, 0.5) is 0 Å².